The van der Waals surface area contributed by atoms with Gasteiger partial charge >= 0.3 is 5.97 Å². The molecule has 2 N–H and O–H groups in total. The second-order valence-corrected chi connectivity index (χ2v) is 5.70. The Hall–Kier alpha value is -2.53. The minimum atomic E-state index is -0.802. The number of nitrogens with one attached hydrogen (secondary N) is 1. The lowest BCUT2D eigenvalue weighted by atomic mass is 10.1. The molecule has 0 saturated carbocycles. The first kappa shape index (κ1) is 17.8. The molecule has 0 spiro atoms. The normalized spacial score (nSPS) is 10.2. The fraction of sp³-hybridized carbons (Fsp3) is 0.222. The molecule has 2 aromatic carbocycles. The number of halogens is 1. The predicted octanol–water partition coefficient (Wildman–Crippen LogP) is 2.87. The lowest BCUT2D eigenvalue weighted by Crippen LogP contribution is -2.30. The van der Waals surface area contributed by atoms with Crippen molar-refractivity contribution in [1.82, 2.24) is 5.32 Å². The summed E-state index contributed by atoms with van der Waals surface area (Å²) in [5.41, 5.74) is 2.24. The van der Waals surface area contributed by atoms with Crippen molar-refractivity contribution in [1.29, 1.82) is 0 Å². The lowest BCUT2D eigenvalue weighted by molar-refractivity contribution is -0.124. The number of benzene rings is 2. The van der Waals surface area contributed by atoms with E-state index in [0.29, 0.717) is 18.0 Å². The number of aromatic hydroxyl groups is 1. The van der Waals surface area contributed by atoms with E-state index in [0.717, 1.165) is 11.1 Å². The molecule has 5 nitrogen and oxygen atoms in total. The SMILES string of the molecule is Cc1ccccc1CCNC(=O)COC(=O)c1cc(Cl)ccc1O. The quantitative estimate of drug-likeness (QED) is 0.788. The third kappa shape index (κ3) is 4.99. The van der Waals surface area contributed by atoms with E-state index in [1.807, 2.05) is 31.2 Å². The lowest BCUT2D eigenvalue weighted by Gasteiger charge is -2.09. The van der Waals surface area contributed by atoms with Crippen LogP contribution in [0.1, 0.15) is 21.5 Å². The molecule has 0 saturated heterocycles. The van der Waals surface area contributed by atoms with Gasteiger partial charge in [0.25, 0.3) is 5.91 Å². The van der Waals surface area contributed by atoms with E-state index in [2.05, 4.69) is 5.32 Å². The Bertz CT molecular complexity index is 746. The third-order valence-corrected chi connectivity index (χ3v) is 3.73. The van der Waals surface area contributed by atoms with Crippen LogP contribution in [0, 0.1) is 6.92 Å². The Morgan fingerprint density at radius 2 is 1.96 bits per heavy atom. The van der Waals surface area contributed by atoms with E-state index in [4.69, 9.17) is 16.3 Å². The summed E-state index contributed by atoms with van der Waals surface area (Å²) in [5.74, 6) is -1.45. The van der Waals surface area contributed by atoms with E-state index in [-0.39, 0.29) is 11.3 Å². The van der Waals surface area contributed by atoms with Gasteiger partial charge in [-0.2, -0.15) is 0 Å². The Morgan fingerprint density at radius 1 is 1.21 bits per heavy atom. The molecule has 1 amide bonds. The fourth-order valence-corrected chi connectivity index (χ4v) is 2.33. The van der Waals surface area contributed by atoms with Gasteiger partial charge in [-0.15, -0.1) is 0 Å². The van der Waals surface area contributed by atoms with Crippen molar-refractivity contribution >= 4 is 23.5 Å². The van der Waals surface area contributed by atoms with Crippen LogP contribution in [-0.2, 0) is 16.0 Å². The first-order valence-electron chi connectivity index (χ1n) is 7.44. The maximum atomic E-state index is 11.8. The molecule has 0 radical (unpaired) electrons. The largest absolute Gasteiger partial charge is 0.507 e. The first-order chi connectivity index (χ1) is 11.5. The van der Waals surface area contributed by atoms with Crippen LogP contribution in [0.15, 0.2) is 42.5 Å². The molecular weight excluding hydrogens is 330 g/mol. The van der Waals surface area contributed by atoms with Crippen LogP contribution in [0.2, 0.25) is 5.02 Å². The zero-order valence-electron chi connectivity index (χ0n) is 13.2. The van der Waals surface area contributed by atoms with Crippen molar-refractivity contribution in [3.63, 3.8) is 0 Å². The highest BCUT2D eigenvalue weighted by Crippen LogP contribution is 2.22. The zero-order valence-corrected chi connectivity index (χ0v) is 14.0. The Labute approximate surface area is 145 Å². The monoisotopic (exact) mass is 347 g/mol. The number of esters is 1. The second-order valence-electron chi connectivity index (χ2n) is 5.26. The standard InChI is InChI=1S/C18H18ClNO4/c1-12-4-2-3-5-13(12)8-9-20-17(22)11-24-18(23)15-10-14(19)6-7-16(15)21/h2-7,10,21H,8-9,11H2,1H3,(H,20,22). The van der Waals surface area contributed by atoms with Crippen molar-refractivity contribution < 1.29 is 19.4 Å². The molecular formula is C18H18ClNO4. The molecule has 0 aromatic heterocycles. The van der Waals surface area contributed by atoms with Crippen LogP contribution in [0.25, 0.3) is 0 Å². The third-order valence-electron chi connectivity index (χ3n) is 3.49. The van der Waals surface area contributed by atoms with Crippen LogP contribution in [-0.4, -0.2) is 30.1 Å². The van der Waals surface area contributed by atoms with Crippen molar-refractivity contribution in [2.24, 2.45) is 0 Å². The van der Waals surface area contributed by atoms with Gasteiger partial charge in [0.2, 0.25) is 0 Å². The topological polar surface area (TPSA) is 75.6 Å². The van der Waals surface area contributed by atoms with Gasteiger partial charge in [0.05, 0.1) is 0 Å². The molecule has 0 fully saturated rings. The number of hydrogen-bond acceptors (Lipinski definition) is 4. The highest BCUT2D eigenvalue weighted by atomic mass is 35.5. The maximum absolute atomic E-state index is 11.8. The van der Waals surface area contributed by atoms with E-state index in [9.17, 15) is 14.7 Å². The summed E-state index contributed by atoms with van der Waals surface area (Å²) < 4.78 is 4.88. The average molecular weight is 348 g/mol. The van der Waals surface area contributed by atoms with Crippen molar-refractivity contribution in [2.75, 3.05) is 13.2 Å². The number of carbonyl (C=O) groups excluding carboxylic acids is 2. The van der Waals surface area contributed by atoms with Gasteiger partial charge in [0, 0.05) is 11.6 Å². The number of amides is 1. The highest BCUT2D eigenvalue weighted by molar-refractivity contribution is 6.31. The highest BCUT2D eigenvalue weighted by Gasteiger charge is 2.14. The van der Waals surface area contributed by atoms with Crippen LogP contribution < -0.4 is 5.32 Å². The van der Waals surface area contributed by atoms with Crippen molar-refractivity contribution in [2.45, 2.75) is 13.3 Å². The summed E-state index contributed by atoms with van der Waals surface area (Å²) in [5, 5.41) is 12.6. The molecule has 24 heavy (non-hydrogen) atoms. The van der Waals surface area contributed by atoms with E-state index in [1.54, 1.807) is 0 Å². The molecule has 0 aliphatic heterocycles. The molecule has 6 heteroatoms. The van der Waals surface area contributed by atoms with Gasteiger partial charge in [-0.3, -0.25) is 4.79 Å². The minimum Gasteiger partial charge on any atom is -0.507 e. The molecule has 0 heterocycles. The molecule has 0 aliphatic rings. The van der Waals surface area contributed by atoms with Crippen LogP contribution in [0.4, 0.5) is 0 Å². The van der Waals surface area contributed by atoms with Gasteiger partial charge in [0.1, 0.15) is 11.3 Å². The summed E-state index contributed by atoms with van der Waals surface area (Å²) >= 11 is 5.76. The average Bonchev–Trinajstić information content (AvgIpc) is 2.56. The van der Waals surface area contributed by atoms with Crippen LogP contribution in [0.5, 0.6) is 5.75 Å². The minimum absolute atomic E-state index is 0.0739. The Kier molecular flexibility index (Phi) is 6.21. The molecule has 2 rings (SSSR count). The smallest absolute Gasteiger partial charge is 0.342 e. The van der Waals surface area contributed by atoms with Gasteiger partial charge in [-0.05, 0) is 42.7 Å². The first-order valence-corrected chi connectivity index (χ1v) is 7.82. The number of phenolic OH excluding ortho intramolecular Hbond substituents is 1. The van der Waals surface area contributed by atoms with Crippen molar-refractivity contribution in [3.8, 4) is 5.75 Å². The molecule has 126 valence electrons. The second kappa shape index (κ2) is 8.36. The Balaban J connectivity index is 1.78. The molecule has 0 bridgehead atoms. The van der Waals surface area contributed by atoms with E-state index >= 15 is 0 Å². The van der Waals surface area contributed by atoms with Crippen molar-refractivity contribution in [3.05, 3.63) is 64.2 Å². The van der Waals surface area contributed by atoms with Gasteiger partial charge in [0.15, 0.2) is 6.61 Å². The van der Waals surface area contributed by atoms with Gasteiger partial charge in [-0.25, -0.2) is 4.79 Å². The summed E-state index contributed by atoms with van der Waals surface area (Å²) in [6, 6.07) is 12.0. The molecule has 0 aliphatic carbocycles. The van der Waals surface area contributed by atoms with Gasteiger partial charge < -0.3 is 15.2 Å². The molecule has 0 atom stereocenters. The van der Waals surface area contributed by atoms with E-state index in [1.165, 1.54) is 18.2 Å². The summed E-state index contributed by atoms with van der Waals surface area (Å²) in [6.07, 6.45) is 0.696. The number of rotatable bonds is 6. The summed E-state index contributed by atoms with van der Waals surface area (Å²) in [4.78, 5) is 23.6. The summed E-state index contributed by atoms with van der Waals surface area (Å²) in [7, 11) is 0. The number of phenols is 1. The number of carbonyl (C=O) groups is 2. The van der Waals surface area contributed by atoms with Gasteiger partial charge in [-0.1, -0.05) is 35.9 Å². The molecule has 2 aromatic rings. The number of aryl methyl sites for hydroxylation is 1. The summed E-state index contributed by atoms with van der Waals surface area (Å²) in [6.45, 7) is 2.04. The molecule has 0 unspecified atom stereocenters. The van der Waals surface area contributed by atoms with E-state index < -0.39 is 18.5 Å². The van der Waals surface area contributed by atoms with Crippen LogP contribution in [0.3, 0.4) is 0 Å². The zero-order chi connectivity index (χ0) is 17.5. The predicted molar refractivity (Wildman–Crippen MR) is 91.3 cm³/mol. The number of ether oxygens (including phenoxy) is 1. The number of hydrogen-bond donors (Lipinski definition) is 2. The Morgan fingerprint density at radius 3 is 2.71 bits per heavy atom. The fourth-order valence-electron chi connectivity index (χ4n) is 2.16. The maximum Gasteiger partial charge on any atom is 0.342 e. The van der Waals surface area contributed by atoms with Crippen LogP contribution >= 0.6 is 11.6 Å².